The molecule has 130 valence electrons. The van der Waals surface area contributed by atoms with Crippen LogP contribution in [0.3, 0.4) is 0 Å². The van der Waals surface area contributed by atoms with Gasteiger partial charge >= 0.3 is 5.97 Å². The molecule has 0 bridgehead atoms. The zero-order valence-electron chi connectivity index (χ0n) is 13.9. The van der Waals surface area contributed by atoms with Crippen LogP contribution >= 0.6 is 0 Å². The van der Waals surface area contributed by atoms with Crippen molar-refractivity contribution in [3.8, 4) is 0 Å². The summed E-state index contributed by atoms with van der Waals surface area (Å²) in [5.41, 5.74) is 0.716. The third-order valence-corrected chi connectivity index (χ3v) is 5.37. The van der Waals surface area contributed by atoms with E-state index >= 15 is 0 Å². The van der Waals surface area contributed by atoms with Gasteiger partial charge in [-0.15, -0.1) is 0 Å². The van der Waals surface area contributed by atoms with Crippen molar-refractivity contribution in [1.82, 2.24) is 10.1 Å². The van der Waals surface area contributed by atoms with Gasteiger partial charge in [0.05, 0.1) is 11.1 Å². The van der Waals surface area contributed by atoms with Crippen LogP contribution in [0.5, 0.6) is 0 Å². The number of carbonyl (C=O) groups excluding carboxylic acids is 1. The van der Waals surface area contributed by atoms with Crippen molar-refractivity contribution >= 4 is 11.9 Å². The predicted octanol–water partition coefficient (Wildman–Crippen LogP) is 2.81. The number of benzene rings is 1. The SMILES string of the molecule is O=C(c1cc(C2CC2)no1)N1CCC(C(=O)O)(c2ccccc2)CC1. The molecule has 0 spiro atoms. The second-order valence-electron chi connectivity index (χ2n) is 6.94. The van der Waals surface area contributed by atoms with E-state index in [1.54, 1.807) is 11.0 Å². The lowest BCUT2D eigenvalue weighted by Gasteiger charge is -2.38. The Kier molecular flexibility index (Phi) is 3.82. The summed E-state index contributed by atoms with van der Waals surface area (Å²) in [6.45, 7) is 0.777. The van der Waals surface area contributed by atoms with Crippen molar-refractivity contribution in [3.05, 3.63) is 53.4 Å². The van der Waals surface area contributed by atoms with Crippen molar-refractivity contribution in [2.45, 2.75) is 37.0 Å². The normalized spacial score (nSPS) is 19.6. The predicted molar refractivity (Wildman–Crippen MR) is 89.4 cm³/mol. The molecule has 1 amide bonds. The van der Waals surface area contributed by atoms with Gasteiger partial charge in [-0.05, 0) is 31.2 Å². The van der Waals surface area contributed by atoms with E-state index in [0.29, 0.717) is 31.8 Å². The first-order valence-electron chi connectivity index (χ1n) is 8.65. The molecule has 1 N–H and O–H groups in total. The Morgan fingerprint density at radius 2 is 1.84 bits per heavy atom. The molecule has 1 aliphatic carbocycles. The maximum absolute atomic E-state index is 12.6. The van der Waals surface area contributed by atoms with E-state index in [0.717, 1.165) is 24.1 Å². The Morgan fingerprint density at radius 1 is 1.16 bits per heavy atom. The van der Waals surface area contributed by atoms with Gasteiger partial charge in [-0.1, -0.05) is 35.5 Å². The first kappa shape index (κ1) is 15.9. The van der Waals surface area contributed by atoms with Gasteiger partial charge in [0.1, 0.15) is 0 Å². The molecule has 2 aliphatic rings. The standard InChI is InChI=1S/C19H20N2O4/c22-17(16-12-15(20-25-16)13-6-7-13)21-10-8-19(9-11-21,18(23)24)14-4-2-1-3-5-14/h1-5,12-13H,6-11H2,(H,23,24). The Bertz CT molecular complexity index is 787. The van der Waals surface area contributed by atoms with Gasteiger partial charge in [0.2, 0.25) is 5.76 Å². The highest BCUT2D eigenvalue weighted by atomic mass is 16.5. The summed E-state index contributed by atoms with van der Waals surface area (Å²) < 4.78 is 5.21. The Morgan fingerprint density at radius 3 is 2.44 bits per heavy atom. The molecule has 25 heavy (non-hydrogen) atoms. The first-order valence-corrected chi connectivity index (χ1v) is 8.65. The number of piperidine rings is 1. The summed E-state index contributed by atoms with van der Waals surface area (Å²) in [6, 6.07) is 11.0. The number of carboxylic acid groups (broad SMARTS) is 1. The lowest BCUT2D eigenvalue weighted by molar-refractivity contribution is -0.145. The van der Waals surface area contributed by atoms with Gasteiger partial charge in [0, 0.05) is 25.1 Å². The Hall–Kier alpha value is -2.63. The van der Waals surface area contributed by atoms with Crippen molar-refractivity contribution in [2.75, 3.05) is 13.1 Å². The van der Waals surface area contributed by atoms with Crippen LogP contribution in [-0.4, -0.2) is 40.1 Å². The van der Waals surface area contributed by atoms with Crippen molar-refractivity contribution in [2.24, 2.45) is 0 Å². The lowest BCUT2D eigenvalue weighted by Crippen LogP contribution is -2.49. The third-order valence-electron chi connectivity index (χ3n) is 5.37. The fourth-order valence-electron chi connectivity index (χ4n) is 3.59. The van der Waals surface area contributed by atoms with Crippen LogP contribution in [0, 0.1) is 0 Å². The minimum Gasteiger partial charge on any atom is -0.481 e. The zero-order valence-corrected chi connectivity index (χ0v) is 13.9. The smallest absolute Gasteiger partial charge is 0.314 e. The number of aromatic nitrogens is 1. The number of amides is 1. The summed E-state index contributed by atoms with van der Waals surface area (Å²) in [5.74, 6) is -0.346. The number of carbonyl (C=O) groups is 2. The van der Waals surface area contributed by atoms with Gasteiger partial charge in [-0.3, -0.25) is 9.59 Å². The van der Waals surface area contributed by atoms with E-state index in [-0.39, 0.29) is 11.7 Å². The number of likely N-dealkylation sites (tertiary alicyclic amines) is 1. The molecule has 0 radical (unpaired) electrons. The molecular weight excluding hydrogens is 320 g/mol. The number of carboxylic acids is 1. The third kappa shape index (κ3) is 2.81. The van der Waals surface area contributed by atoms with Crippen LogP contribution in [0.2, 0.25) is 0 Å². The minimum atomic E-state index is -0.932. The van der Waals surface area contributed by atoms with Crippen molar-refractivity contribution in [1.29, 1.82) is 0 Å². The second kappa shape index (κ2) is 6.02. The quantitative estimate of drug-likeness (QED) is 0.925. The summed E-state index contributed by atoms with van der Waals surface area (Å²) in [5, 5.41) is 13.8. The molecule has 4 rings (SSSR count). The highest BCUT2D eigenvalue weighted by molar-refractivity contribution is 5.92. The van der Waals surface area contributed by atoms with Gasteiger partial charge in [0.15, 0.2) is 0 Å². The topological polar surface area (TPSA) is 83.6 Å². The molecule has 0 atom stereocenters. The zero-order chi connectivity index (χ0) is 17.4. The number of aliphatic carboxylic acids is 1. The molecule has 1 saturated carbocycles. The van der Waals surface area contributed by atoms with Crippen LogP contribution < -0.4 is 0 Å². The molecule has 6 nitrogen and oxygen atoms in total. The second-order valence-corrected chi connectivity index (χ2v) is 6.94. The molecule has 1 saturated heterocycles. The van der Waals surface area contributed by atoms with Crippen LogP contribution in [0.1, 0.15) is 53.4 Å². The lowest BCUT2D eigenvalue weighted by atomic mass is 9.73. The molecule has 2 fully saturated rings. The highest BCUT2D eigenvalue weighted by Crippen LogP contribution is 2.40. The molecule has 1 aromatic carbocycles. The van der Waals surface area contributed by atoms with Crippen LogP contribution in [0.15, 0.2) is 40.9 Å². The van der Waals surface area contributed by atoms with E-state index < -0.39 is 11.4 Å². The van der Waals surface area contributed by atoms with E-state index in [2.05, 4.69) is 5.16 Å². The van der Waals surface area contributed by atoms with Gasteiger partial charge in [0.25, 0.3) is 5.91 Å². The Balaban J connectivity index is 1.49. The van der Waals surface area contributed by atoms with Gasteiger partial charge in [-0.25, -0.2) is 0 Å². The van der Waals surface area contributed by atoms with E-state index in [4.69, 9.17) is 4.52 Å². The monoisotopic (exact) mass is 340 g/mol. The van der Waals surface area contributed by atoms with Crippen LogP contribution in [0.25, 0.3) is 0 Å². The highest BCUT2D eigenvalue weighted by Gasteiger charge is 2.44. The van der Waals surface area contributed by atoms with Crippen molar-refractivity contribution < 1.29 is 19.2 Å². The average molecular weight is 340 g/mol. The molecule has 0 unspecified atom stereocenters. The summed E-state index contributed by atoms with van der Waals surface area (Å²) in [7, 11) is 0. The molecule has 2 heterocycles. The molecule has 1 aromatic heterocycles. The molecule has 1 aliphatic heterocycles. The van der Waals surface area contributed by atoms with Crippen molar-refractivity contribution in [3.63, 3.8) is 0 Å². The number of hydrogen-bond acceptors (Lipinski definition) is 4. The summed E-state index contributed by atoms with van der Waals surface area (Å²) >= 11 is 0. The molecule has 2 aromatic rings. The van der Waals surface area contributed by atoms with E-state index in [9.17, 15) is 14.7 Å². The summed E-state index contributed by atoms with van der Waals surface area (Å²) in [4.78, 5) is 26.3. The van der Waals surface area contributed by atoms with Gasteiger partial charge in [-0.2, -0.15) is 0 Å². The molecular formula is C19H20N2O4. The average Bonchev–Trinajstić information content (AvgIpc) is 3.39. The number of nitrogens with zero attached hydrogens (tertiary/aromatic N) is 2. The number of rotatable bonds is 4. The van der Waals surface area contributed by atoms with E-state index in [1.807, 2.05) is 30.3 Å². The summed E-state index contributed by atoms with van der Waals surface area (Å²) in [6.07, 6.45) is 2.98. The fraction of sp³-hybridized carbons (Fsp3) is 0.421. The minimum absolute atomic E-state index is 0.202. The van der Waals surface area contributed by atoms with E-state index in [1.165, 1.54) is 0 Å². The Labute approximate surface area is 145 Å². The fourth-order valence-corrected chi connectivity index (χ4v) is 3.59. The van der Waals surface area contributed by atoms with Crippen LogP contribution in [0.4, 0.5) is 0 Å². The number of hydrogen-bond donors (Lipinski definition) is 1. The maximum Gasteiger partial charge on any atom is 0.314 e. The maximum atomic E-state index is 12.6. The van der Waals surface area contributed by atoms with Crippen LogP contribution in [-0.2, 0) is 10.2 Å². The first-order chi connectivity index (χ1) is 12.1. The van der Waals surface area contributed by atoms with Gasteiger partial charge < -0.3 is 14.5 Å². The largest absolute Gasteiger partial charge is 0.481 e. The molecule has 6 heteroatoms.